The van der Waals surface area contributed by atoms with Crippen LogP contribution in [0.3, 0.4) is 0 Å². The van der Waals surface area contributed by atoms with Crippen molar-refractivity contribution in [1.82, 2.24) is 24.6 Å². The molecule has 0 spiro atoms. The third-order valence-electron chi connectivity index (χ3n) is 7.73. The number of aromatic nitrogens is 3. The van der Waals surface area contributed by atoms with E-state index >= 15 is 0 Å². The van der Waals surface area contributed by atoms with Crippen molar-refractivity contribution in [2.45, 2.75) is 51.1 Å². The summed E-state index contributed by atoms with van der Waals surface area (Å²) in [5, 5.41) is 6.05. The standard InChI is InChI=1S/C25H31N5O3/c1-16-11-22-20(12-19(16)25(32)29-14-18(15-29)28-7-3-2-4-8-28)23-21(24(31)27-22)13-26-30(23)17-5-9-33-10-6-17/h11-13,17-18H,2-10,14-15H2,1H3,(H,27,31). The molecule has 0 saturated carbocycles. The van der Waals surface area contributed by atoms with E-state index in [1.807, 2.05) is 28.6 Å². The van der Waals surface area contributed by atoms with Gasteiger partial charge in [-0.3, -0.25) is 19.2 Å². The molecule has 0 bridgehead atoms. The number of pyridine rings is 1. The van der Waals surface area contributed by atoms with Gasteiger partial charge in [0.15, 0.2) is 0 Å². The van der Waals surface area contributed by atoms with Crippen molar-refractivity contribution in [3.8, 4) is 0 Å². The molecule has 3 aromatic rings. The molecule has 0 radical (unpaired) electrons. The van der Waals surface area contributed by atoms with Gasteiger partial charge < -0.3 is 14.6 Å². The Bertz CT molecular complexity index is 1260. The number of ether oxygens (including phenoxy) is 1. The maximum Gasteiger partial charge on any atom is 0.259 e. The smallest absolute Gasteiger partial charge is 0.259 e. The van der Waals surface area contributed by atoms with Crippen molar-refractivity contribution in [2.75, 3.05) is 39.4 Å². The van der Waals surface area contributed by atoms with Gasteiger partial charge >= 0.3 is 0 Å². The van der Waals surface area contributed by atoms with Crippen molar-refractivity contribution in [2.24, 2.45) is 0 Å². The summed E-state index contributed by atoms with van der Waals surface area (Å²) in [5.41, 5.74) is 3.05. The third kappa shape index (κ3) is 3.56. The number of hydrogen-bond acceptors (Lipinski definition) is 5. The fourth-order valence-corrected chi connectivity index (χ4v) is 5.74. The average molecular weight is 450 g/mol. The Labute approximate surface area is 192 Å². The van der Waals surface area contributed by atoms with Gasteiger partial charge in [0.2, 0.25) is 0 Å². The molecule has 33 heavy (non-hydrogen) atoms. The van der Waals surface area contributed by atoms with Crippen molar-refractivity contribution < 1.29 is 9.53 Å². The lowest BCUT2D eigenvalue weighted by Gasteiger charge is -2.46. The second-order valence-corrected chi connectivity index (χ2v) is 9.82. The van der Waals surface area contributed by atoms with E-state index in [2.05, 4.69) is 15.0 Å². The van der Waals surface area contributed by atoms with Crippen LogP contribution in [0.4, 0.5) is 0 Å². The Morgan fingerprint density at radius 1 is 1.06 bits per heavy atom. The summed E-state index contributed by atoms with van der Waals surface area (Å²) in [6.45, 7) is 7.26. The Hall–Kier alpha value is -2.71. The van der Waals surface area contributed by atoms with Gasteiger partial charge in [-0.05, 0) is 63.4 Å². The summed E-state index contributed by atoms with van der Waals surface area (Å²) in [6, 6.07) is 4.60. The SMILES string of the molecule is Cc1cc2[nH]c(=O)c3cnn(C4CCOCC4)c3c2cc1C(=O)N1CC(N2CCCCC2)C1. The molecule has 3 aliphatic heterocycles. The zero-order valence-corrected chi connectivity index (χ0v) is 19.2. The first-order valence-electron chi connectivity index (χ1n) is 12.2. The zero-order chi connectivity index (χ0) is 22.5. The first-order chi connectivity index (χ1) is 16.1. The lowest BCUT2D eigenvalue weighted by atomic mass is 9.98. The summed E-state index contributed by atoms with van der Waals surface area (Å²) in [6.07, 6.45) is 7.25. The number of aryl methyl sites for hydroxylation is 1. The molecule has 6 rings (SSSR count). The minimum absolute atomic E-state index is 0.0825. The number of H-pyrrole nitrogens is 1. The normalized spacial score (nSPS) is 21.1. The Morgan fingerprint density at radius 2 is 1.82 bits per heavy atom. The average Bonchev–Trinajstić information content (AvgIpc) is 3.25. The molecule has 1 aromatic carbocycles. The van der Waals surface area contributed by atoms with E-state index in [1.54, 1.807) is 6.20 Å². The molecule has 1 N–H and O–H groups in total. The second-order valence-electron chi connectivity index (χ2n) is 9.82. The molecule has 174 valence electrons. The largest absolute Gasteiger partial charge is 0.381 e. The first-order valence-corrected chi connectivity index (χ1v) is 12.2. The van der Waals surface area contributed by atoms with E-state index in [9.17, 15) is 9.59 Å². The van der Waals surface area contributed by atoms with Crippen LogP contribution in [0.1, 0.15) is 54.1 Å². The maximum absolute atomic E-state index is 13.4. The topological polar surface area (TPSA) is 83.5 Å². The van der Waals surface area contributed by atoms with E-state index in [1.165, 1.54) is 19.3 Å². The van der Waals surface area contributed by atoms with Crippen LogP contribution >= 0.6 is 0 Å². The molecule has 2 aromatic heterocycles. The molecule has 5 heterocycles. The number of likely N-dealkylation sites (tertiary alicyclic amines) is 2. The number of carbonyl (C=O) groups excluding carboxylic acids is 1. The molecule has 0 aliphatic carbocycles. The van der Waals surface area contributed by atoms with Gasteiger partial charge in [-0.2, -0.15) is 5.10 Å². The monoisotopic (exact) mass is 449 g/mol. The summed E-state index contributed by atoms with van der Waals surface area (Å²) < 4.78 is 7.50. The summed E-state index contributed by atoms with van der Waals surface area (Å²) in [4.78, 5) is 33.7. The van der Waals surface area contributed by atoms with Crippen LogP contribution in [0.5, 0.6) is 0 Å². The van der Waals surface area contributed by atoms with Crippen LogP contribution in [0.2, 0.25) is 0 Å². The van der Waals surface area contributed by atoms with Crippen LogP contribution in [0.25, 0.3) is 21.8 Å². The van der Waals surface area contributed by atoms with E-state index in [-0.39, 0.29) is 17.5 Å². The summed E-state index contributed by atoms with van der Waals surface area (Å²) in [7, 11) is 0. The number of fused-ring (bicyclic) bond motifs is 3. The quantitative estimate of drug-likeness (QED) is 0.665. The van der Waals surface area contributed by atoms with Crippen LogP contribution in [0, 0.1) is 6.92 Å². The molecule has 0 atom stereocenters. The van der Waals surface area contributed by atoms with Crippen LogP contribution in [0.15, 0.2) is 23.1 Å². The molecule has 3 fully saturated rings. The molecule has 0 unspecified atom stereocenters. The summed E-state index contributed by atoms with van der Waals surface area (Å²) >= 11 is 0. The molecular formula is C25H31N5O3. The number of rotatable bonds is 3. The van der Waals surface area contributed by atoms with Gasteiger partial charge in [-0.1, -0.05) is 6.42 Å². The predicted octanol–water partition coefficient (Wildman–Crippen LogP) is 2.85. The highest BCUT2D eigenvalue weighted by atomic mass is 16.5. The second kappa shape index (κ2) is 8.25. The van der Waals surface area contributed by atoms with Crippen molar-refractivity contribution in [1.29, 1.82) is 0 Å². The lowest BCUT2D eigenvalue weighted by Crippen LogP contribution is -2.61. The third-order valence-corrected chi connectivity index (χ3v) is 7.73. The fourth-order valence-electron chi connectivity index (χ4n) is 5.74. The van der Waals surface area contributed by atoms with E-state index in [0.29, 0.717) is 30.2 Å². The molecule has 8 heteroatoms. The highest BCUT2D eigenvalue weighted by Gasteiger charge is 2.36. The lowest BCUT2D eigenvalue weighted by molar-refractivity contribution is 0.0203. The van der Waals surface area contributed by atoms with E-state index < -0.39 is 0 Å². The fraction of sp³-hybridized carbons (Fsp3) is 0.560. The van der Waals surface area contributed by atoms with Gasteiger partial charge in [0.1, 0.15) is 0 Å². The highest BCUT2D eigenvalue weighted by molar-refractivity contribution is 6.07. The molecule has 8 nitrogen and oxygen atoms in total. The number of benzene rings is 1. The van der Waals surface area contributed by atoms with E-state index in [0.717, 1.165) is 61.0 Å². The van der Waals surface area contributed by atoms with Crippen LogP contribution in [-0.2, 0) is 4.74 Å². The minimum atomic E-state index is -0.138. The number of amides is 1. The minimum Gasteiger partial charge on any atom is -0.381 e. The molecule has 3 aliphatic rings. The number of piperidine rings is 1. The van der Waals surface area contributed by atoms with Gasteiger partial charge in [0.25, 0.3) is 11.5 Å². The van der Waals surface area contributed by atoms with Gasteiger partial charge in [0.05, 0.1) is 28.7 Å². The van der Waals surface area contributed by atoms with Crippen LogP contribution < -0.4 is 5.56 Å². The van der Waals surface area contributed by atoms with Crippen LogP contribution in [-0.4, -0.2) is 75.9 Å². The Morgan fingerprint density at radius 3 is 2.58 bits per heavy atom. The predicted molar refractivity (Wildman–Crippen MR) is 127 cm³/mol. The molecule has 3 saturated heterocycles. The van der Waals surface area contributed by atoms with Crippen molar-refractivity contribution in [3.63, 3.8) is 0 Å². The number of carbonyl (C=O) groups is 1. The molecular weight excluding hydrogens is 418 g/mol. The number of nitrogens with one attached hydrogen (secondary N) is 1. The maximum atomic E-state index is 13.4. The van der Waals surface area contributed by atoms with Gasteiger partial charge in [0, 0.05) is 43.3 Å². The number of hydrogen-bond donors (Lipinski definition) is 1. The van der Waals surface area contributed by atoms with Crippen molar-refractivity contribution in [3.05, 3.63) is 39.8 Å². The van der Waals surface area contributed by atoms with E-state index in [4.69, 9.17) is 4.74 Å². The summed E-state index contributed by atoms with van der Waals surface area (Å²) in [5.74, 6) is 0.0825. The highest BCUT2D eigenvalue weighted by Crippen LogP contribution is 2.31. The first kappa shape index (κ1) is 20.9. The Balaban J connectivity index is 1.36. The van der Waals surface area contributed by atoms with Crippen molar-refractivity contribution >= 4 is 27.7 Å². The number of nitrogens with zero attached hydrogens (tertiary/aromatic N) is 4. The molecule has 1 amide bonds. The zero-order valence-electron chi connectivity index (χ0n) is 19.2. The van der Waals surface area contributed by atoms with Gasteiger partial charge in [-0.15, -0.1) is 0 Å². The van der Waals surface area contributed by atoms with Gasteiger partial charge in [-0.25, -0.2) is 0 Å². The Kier molecular flexibility index (Phi) is 5.22. The number of aromatic amines is 1.